The smallest absolute Gasteiger partial charge is 0.335 e. The molecule has 0 aliphatic heterocycles. The Morgan fingerprint density at radius 1 is 1.35 bits per heavy atom. The number of hydrogen-bond donors (Lipinski definition) is 1. The molecular formula is C9H3ClF4N2O. The summed E-state index contributed by atoms with van der Waals surface area (Å²) in [5.41, 5.74) is -0.0384. The van der Waals surface area contributed by atoms with E-state index in [0.29, 0.717) is 0 Å². The van der Waals surface area contributed by atoms with Crippen LogP contribution >= 0.6 is 11.6 Å². The quantitative estimate of drug-likeness (QED) is 0.637. The molecule has 0 atom stereocenters. The molecule has 1 heterocycles. The Morgan fingerprint density at radius 3 is 2.59 bits per heavy atom. The minimum absolute atomic E-state index is 0.0102. The molecule has 2 aromatic rings. The number of halogens is 5. The van der Waals surface area contributed by atoms with E-state index in [1.165, 1.54) is 0 Å². The molecule has 0 amide bonds. The van der Waals surface area contributed by atoms with Crippen molar-refractivity contribution in [3.63, 3.8) is 0 Å². The van der Waals surface area contributed by atoms with Crippen LogP contribution < -0.4 is 0 Å². The number of rotatable bonds is 1. The molecule has 0 saturated heterocycles. The summed E-state index contributed by atoms with van der Waals surface area (Å²) in [7, 11) is 0. The first kappa shape index (κ1) is 11.8. The van der Waals surface area contributed by atoms with Crippen molar-refractivity contribution in [2.75, 3.05) is 0 Å². The number of fused-ring (bicyclic) bond motifs is 1. The fourth-order valence-electron chi connectivity index (χ4n) is 1.25. The highest BCUT2D eigenvalue weighted by Crippen LogP contribution is 2.24. The van der Waals surface area contributed by atoms with E-state index in [0.717, 1.165) is 12.1 Å². The fraction of sp³-hybridized carbons (Fsp3) is 0.111. The van der Waals surface area contributed by atoms with Crippen LogP contribution in [0.5, 0.6) is 0 Å². The van der Waals surface area contributed by atoms with Crippen molar-refractivity contribution in [2.45, 2.75) is 6.18 Å². The standard InChI is InChI=1S/C9H3ClF4N2O/c10-3-1-5-6(2-4(3)11)16-8(15-5)7(17)9(12,13)14/h1-2H,(H,15,16). The second kappa shape index (κ2) is 3.69. The number of carbonyl (C=O) groups excluding carboxylic acids is 1. The Morgan fingerprint density at radius 2 is 2.00 bits per heavy atom. The van der Waals surface area contributed by atoms with Gasteiger partial charge in [-0.2, -0.15) is 13.2 Å². The first-order valence-electron chi connectivity index (χ1n) is 4.25. The fourth-order valence-corrected chi connectivity index (χ4v) is 1.40. The number of nitrogens with zero attached hydrogens (tertiary/aromatic N) is 1. The molecule has 1 aromatic heterocycles. The van der Waals surface area contributed by atoms with Gasteiger partial charge >= 0.3 is 12.0 Å². The molecule has 0 saturated carbocycles. The Kier molecular flexibility index (Phi) is 2.57. The zero-order valence-corrected chi connectivity index (χ0v) is 8.66. The Hall–Kier alpha value is -1.63. The summed E-state index contributed by atoms with van der Waals surface area (Å²) in [6.07, 6.45) is -5.03. The Balaban J connectivity index is 2.56. The number of aromatic amines is 1. The maximum absolute atomic E-state index is 13.0. The van der Waals surface area contributed by atoms with Gasteiger partial charge in [-0.15, -0.1) is 0 Å². The van der Waals surface area contributed by atoms with Crippen molar-refractivity contribution in [2.24, 2.45) is 0 Å². The van der Waals surface area contributed by atoms with Gasteiger partial charge in [-0.1, -0.05) is 11.6 Å². The lowest BCUT2D eigenvalue weighted by Crippen LogP contribution is -2.23. The summed E-state index contributed by atoms with van der Waals surface area (Å²) in [5.74, 6) is -3.83. The molecule has 0 aliphatic carbocycles. The van der Waals surface area contributed by atoms with Gasteiger partial charge in [0.05, 0.1) is 16.1 Å². The summed E-state index contributed by atoms with van der Waals surface area (Å²) < 4.78 is 49.3. The summed E-state index contributed by atoms with van der Waals surface area (Å²) in [5, 5.41) is -0.282. The molecule has 0 bridgehead atoms. The Bertz CT molecular complexity index is 566. The third kappa shape index (κ3) is 2.10. The molecule has 1 N–H and O–H groups in total. The van der Waals surface area contributed by atoms with Gasteiger partial charge in [0.25, 0.3) is 0 Å². The lowest BCUT2D eigenvalue weighted by molar-refractivity contribution is -0.0890. The number of hydrogen-bond acceptors (Lipinski definition) is 2. The van der Waals surface area contributed by atoms with E-state index in [2.05, 4.69) is 9.97 Å². The molecule has 8 heteroatoms. The SMILES string of the molecule is O=C(c1nc2cc(Cl)c(F)cc2[nH]1)C(F)(F)F. The molecule has 0 radical (unpaired) electrons. The van der Waals surface area contributed by atoms with Gasteiger partial charge in [-0.05, 0) is 6.07 Å². The van der Waals surface area contributed by atoms with Crippen molar-refractivity contribution in [1.82, 2.24) is 9.97 Å². The lowest BCUT2D eigenvalue weighted by Gasteiger charge is -2.00. The van der Waals surface area contributed by atoms with Crippen LogP contribution in [0, 0.1) is 5.82 Å². The van der Waals surface area contributed by atoms with E-state index >= 15 is 0 Å². The van der Waals surface area contributed by atoms with Gasteiger partial charge in [0.15, 0.2) is 5.82 Å². The maximum atomic E-state index is 13.0. The minimum atomic E-state index is -5.03. The van der Waals surface area contributed by atoms with Crippen LogP contribution in [0.1, 0.15) is 10.6 Å². The molecule has 0 fully saturated rings. The van der Waals surface area contributed by atoms with Gasteiger partial charge in [-0.25, -0.2) is 9.37 Å². The second-order valence-electron chi connectivity index (χ2n) is 3.20. The number of alkyl halides is 3. The number of aromatic nitrogens is 2. The molecule has 0 spiro atoms. The largest absolute Gasteiger partial charge is 0.458 e. The van der Waals surface area contributed by atoms with Crippen molar-refractivity contribution >= 4 is 28.4 Å². The van der Waals surface area contributed by atoms with E-state index in [1.54, 1.807) is 0 Å². The molecule has 0 unspecified atom stereocenters. The number of benzene rings is 1. The van der Waals surface area contributed by atoms with E-state index in [1.807, 2.05) is 0 Å². The van der Waals surface area contributed by atoms with Crippen LogP contribution in [0.2, 0.25) is 5.02 Å². The monoisotopic (exact) mass is 266 g/mol. The highest BCUT2D eigenvalue weighted by atomic mass is 35.5. The molecule has 3 nitrogen and oxygen atoms in total. The summed E-state index contributed by atoms with van der Waals surface area (Å²) in [4.78, 5) is 16.4. The molecule has 2 rings (SSSR count). The summed E-state index contributed by atoms with van der Waals surface area (Å²) in [6, 6.07) is 1.91. The van der Waals surface area contributed by atoms with Crippen molar-refractivity contribution in [3.05, 3.63) is 28.8 Å². The average molecular weight is 267 g/mol. The van der Waals surface area contributed by atoms with E-state index in [9.17, 15) is 22.4 Å². The van der Waals surface area contributed by atoms with Crippen molar-refractivity contribution in [3.8, 4) is 0 Å². The number of carbonyl (C=O) groups is 1. The zero-order chi connectivity index (χ0) is 12.8. The molecule has 90 valence electrons. The number of H-pyrrole nitrogens is 1. The number of nitrogens with one attached hydrogen (secondary N) is 1. The molecule has 17 heavy (non-hydrogen) atoms. The van der Waals surface area contributed by atoms with Gasteiger partial charge in [-0.3, -0.25) is 4.79 Å². The topological polar surface area (TPSA) is 45.8 Å². The normalized spacial score (nSPS) is 12.1. The highest BCUT2D eigenvalue weighted by Gasteiger charge is 2.41. The Labute approximate surface area is 96.4 Å². The third-order valence-electron chi connectivity index (χ3n) is 2.00. The van der Waals surface area contributed by atoms with Crippen molar-refractivity contribution in [1.29, 1.82) is 0 Å². The summed E-state index contributed by atoms with van der Waals surface area (Å²) >= 11 is 5.43. The number of ketones is 1. The van der Waals surface area contributed by atoms with Crippen LogP contribution in [0.25, 0.3) is 11.0 Å². The van der Waals surface area contributed by atoms with Crippen LogP contribution in [-0.2, 0) is 0 Å². The van der Waals surface area contributed by atoms with Gasteiger partial charge < -0.3 is 4.98 Å². The predicted molar refractivity (Wildman–Crippen MR) is 51.4 cm³/mol. The number of Topliss-reactive ketones (excluding diaryl/α,β-unsaturated/α-hetero) is 1. The number of imidazole rings is 1. The average Bonchev–Trinajstić information content (AvgIpc) is 2.59. The zero-order valence-electron chi connectivity index (χ0n) is 7.90. The first-order chi connectivity index (χ1) is 7.79. The van der Waals surface area contributed by atoms with Crippen LogP contribution in [-0.4, -0.2) is 21.9 Å². The second-order valence-corrected chi connectivity index (χ2v) is 3.60. The molecule has 0 aliphatic rings. The predicted octanol–water partition coefficient (Wildman–Crippen LogP) is 3.10. The molecule has 1 aromatic carbocycles. The third-order valence-corrected chi connectivity index (χ3v) is 2.29. The molecular weight excluding hydrogens is 264 g/mol. The van der Waals surface area contributed by atoms with Crippen LogP contribution in [0.15, 0.2) is 12.1 Å². The van der Waals surface area contributed by atoms with Crippen LogP contribution in [0.4, 0.5) is 17.6 Å². The van der Waals surface area contributed by atoms with Crippen LogP contribution in [0.3, 0.4) is 0 Å². The minimum Gasteiger partial charge on any atom is -0.335 e. The van der Waals surface area contributed by atoms with Crippen molar-refractivity contribution < 1.29 is 22.4 Å². The van der Waals surface area contributed by atoms with Gasteiger partial charge in [0.2, 0.25) is 0 Å². The van der Waals surface area contributed by atoms with E-state index < -0.39 is 23.6 Å². The van der Waals surface area contributed by atoms with E-state index in [-0.39, 0.29) is 16.1 Å². The lowest BCUT2D eigenvalue weighted by atomic mass is 10.3. The van der Waals surface area contributed by atoms with E-state index in [4.69, 9.17) is 11.6 Å². The maximum Gasteiger partial charge on any atom is 0.458 e. The summed E-state index contributed by atoms with van der Waals surface area (Å²) in [6.45, 7) is 0. The first-order valence-corrected chi connectivity index (χ1v) is 4.63. The highest BCUT2D eigenvalue weighted by molar-refractivity contribution is 6.31. The van der Waals surface area contributed by atoms with Gasteiger partial charge in [0.1, 0.15) is 5.82 Å². The van der Waals surface area contributed by atoms with Gasteiger partial charge in [0, 0.05) is 6.07 Å².